The Balaban J connectivity index is 2.21. The Morgan fingerprint density at radius 1 is 1.42 bits per heavy atom. The summed E-state index contributed by atoms with van der Waals surface area (Å²) in [5, 5.41) is 12.2. The highest BCUT2D eigenvalue weighted by Crippen LogP contribution is 2.29. The zero-order valence-corrected chi connectivity index (χ0v) is 10.4. The standard InChI is InChI=1S/C11H11ClF3N3O/c12-4-7(19)5-16-6-1-2-8-9(3-6)18-10(17-8)11(13,14)15/h1-3,7,16,19H,4-5H2,(H,17,18). The van der Waals surface area contributed by atoms with Crippen LogP contribution in [0.1, 0.15) is 5.82 Å². The Bertz CT molecular complexity index is 570. The number of hydrogen-bond acceptors (Lipinski definition) is 3. The summed E-state index contributed by atoms with van der Waals surface area (Å²) in [5.41, 5.74) is 1.09. The molecule has 1 unspecified atom stereocenters. The van der Waals surface area contributed by atoms with Gasteiger partial charge < -0.3 is 15.4 Å². The number of aliphatic hydroxyl groups excluding tert-OH is 1. The number of halogens is 4. The molecule has 2 rings (SSSR count). The molecule has 0 saturated carbocycles. The van der Waals surface area contributed by atoms with Crippen LogP contribution in [0.2, 0.25) is 0 Å². The number of aliphatic hydroxyl groups is 1. The van der Waals surface area contributed by atoms with Gasteiger partial charge in [-0.3, -0.25) is 0 Å². The molecule has 1 atom stereocenters. The lowest BCUT2D eigenvalue weighted by Gasteiger charge is -2.09. The highest BCUT2D eigenvalue weighted by atomic mass is 35.5. The highest BCUT2D eigenvalue weighted by molar-refractivity contribution is 6.18. The molecule has 0 amide bonds. The summed E-state index contributed by atoms with van der Waals surface area (Å²) < 4.78 is 37.4. The minimum absolute atomic E-state index is 0.0809. The molecule has 1 aromatic carbocycles. The van der Waals surface area contributed by atoms with Crippen molar-refractivity contribution < 1.29 is 18.3 Å². The Morgan fingerprint density at radius 3 is 2.79 bits per heavy atom. The lowest BCUT2D eigenvalue weighted by molar-refractivity contribution is -0.144. The normalized spacial score (nSPS) is 13.7. The SMILES string of the molecule is OC(CCl)CNc1ccc2nc(C(F)(F)F)[nH]c2c1. The van der Waals surface area contributed by atoms with E-state index < -0.39 is 18.1 Å². The fourth-order valence-electron chi connectivity index (χ4n) is 1.54. The number of fused-ring (bicyclic) bond motifs is 1. The monoisotopic (exact) mass is 293 g/mol. The van der Waals surface area contributed by atoms with E-state index in [2.05, 4.69) is 15.3 Å². The lowest BCUT2D eigenvalue weighted by atomic mass is 10.2. The van der Waals surface area contributed by atoms with E-state index in [1.807, 2.05) is 0 Å². The number of nitrogens with zero attached hydrogens (tertiary/aromatic N) is 1. The van der Waals surface area contributed by atoms with Gasteiger partial charge in [-0.05, 0) is 18.2 Å². The number of imidazole rings is 1. The molecule has 19 heavy (non-hydrogen) atoms. The summed E-state index contributed by atoms with van der Waals surface area (Å²) in [6.07, 6.45) is -5.22. The van der Waals surface area contributed by atoms with Gasteiger partial charge >= 0.3 is 6.18 Å². The molecule has 104 valence electrons. The second-order valence-corrected chi connectivity index (χ2v) is 4.31. The largest absolute Gasteiger partial charge is 0.449 e. The maximum atomic E-state index is 12.5. The molecule has 0 aliphatic carbocycles. The van der Waals surface area contributed by atoms with E-state index in [0.29, 0.717) is 5.69 Å². The summed E-state index contributed by atoms with van der Waals surface area (Å²) in [6.45, 7) is 0.218. The van der Waals surface area contributed by atoms with Gasteiger partial charge in [0.25, 0.3) is 0 Å². The molecule has 3 N–H and O–H groups in total. The number of aromatic nitrogens is 2. The molecule has 0 saturated heterocycles. The summed E-state index contributed by atoms with van der Waals surface area (Å²) >= 11 is 5.44. The van der Waals surface area contributed by atoms with E-state index in [4.69, 9.17) is 11.6 Å². The number of nitrogens with one attached hydrogen (secondary N) is 2. The van der Waals surface area contributed by atoms with Crippen molar-refractivity contribution in [3.05, 3.63) is 24.0 Å². The lowest BCUT2D eigenvalue weighted by Crippen LogP contribution is -2.20. The minimum Gasteiger partial charge on any atom is -0.390 e. The predicted octanol–water partition coefficient (Wildman–Crippen LogP) is 2.59. The maximum absolute atomic E-state index is 12.5. The van der Waals surface area contributed by atoms with Crippen LogP contribution in [-0.4, -0.2) is 33.6 Å². The van der Waals surface area contributed by atoms with E-state index in [1.54, 1.807) is 6.07 Å². The number of benzene rings is 1. The number of hydrogen-bond donors (Lipinski definition) is 3. The molecule has 8 heteroatoms. The topological polar surface area (TPSA) is 60.9 Å². The van der Waals surface area contributed by atoms with Crippen molar-refractivity contribution in [1.29, 1.82) is 0 Å². The van der Waals surface area contributed by atoms with Gasteiger partial charge in [0, 0.05) is 12.2 Å². The van der Waals surface area contributed by atoms with Gasteiger partial charge in [0.05, 0.1) is 23.0 Å². The minimum atomic E-state index is -4.50. The molecule has 0 fully saturated rings. The number of alkyl halides is 4. The number of anilines is 1. The van der Waals surface area contributed by atoms with Crippen molar-refractivity contribution in [2.45, 2.75) is 12.3 Å². The predicted molar refractivity (Wildman–Crippen MR) is 66.3 cm³/mol. The fraction of sp³-hybridized carbons (Fsp3) is 0.364. The van der Waals surface area contributed by atoms with Gasteiger partial charge in [-0.25, -0.2) is 4.98 Å². The summed E-state index contributed by atoms with van der Waals surface area (Å²) in [7, 11) is 0. The average molecular weight is 294 g/mol. The summed E-state index contributed by atoms with van der Waals surface area (Å²) in [6, 6.07) is 4.55. The molecular weight excluding hydrogens is 283 g/mol. The molecule has 1 aromatic heterocycles. The first-order valence-electron chi connectivity index (χ1n) is 5.45. The molecule has 0 bridgehead atoms. The van der Waals surface area contributed by atoms with Crippen LogP contribution >= 0.6 is 11.6 Å². The summed E-state index contributed by atoms with van der Waals surface area (Å²) in [4.78, 5) is 5.67. The van der Waals surface area contributed by atoms with Crippen LogP contribution in [0.25, 0.3) is 11.0 Å². The Kier molecular flexibility index (Phi) is 3.86. The molecule has 0 spiro atoms. The average Bonchev–Trinajstić information content (AvgIpc) is 2.78. The van der Waals surface area contributed by atoms with Crippen molar-refractivity contribution in [3.63, 3.8) is 0 Å². The third-order valence-corrected chi connectivity index (χ3v) is 2.83. The maximum Gasteiger partial charge on any atom is 0.449 e. The second-order valence-electron chi connectivity index (χ2n) is 4.00. The van der Waals surface area contributed by atoms with E-state index in [-0.39, 0.29) is 23.5 Å². The summed E-state index contributed by atoms with van der Waals surface area (Å²) in [5.74, 6) is -0.946. The Hall–Kier alpha value is -1.47. The van der Waals surface area contributed by atoms with Gasteiger partial charge in [-0.1, -0.05) is 0 Å². The van der Waals surface area contributed by atoms with Crippen molar-refractivity contribution in [1.82, 2.24) is 9.97 Å². The molecule has 0 aliphatic rings. The van der Waals surface area contributed by atoms with Gasteiger partial charge in [0.1, 0.15) is 0 Å². The quantitative estimate of drug-likeness (QED) is 0.759. The van der Waals surface area contributed by atoms with E-state index in [9.17, 15) is 18.3 Å². The van der Waals surface area contributed by atoms with E-state index in [1.165, 1.54) is 12.1 Å². The first kappa shape index (κ1) is 14.0. The van der Waals surface area contributed by atoms with Crippen molar-refractivity contribution in [2.24, 2.45) is 0 Å². The molecule has 4 nitrogen and oxygen atoms in total. The fourth-order valence-corrected chi connectivity index (χ4v) is 1.65. The highest BCUT2D eigenvalue weighted by Gasteiger charge is 2.34. The van der Waals surface area contributed by atoms with Crippen LogP contribution in [0, 0.1) is 0 Å². The number of H-pyrrole nitrogens is 1. The van der Waals surface area contributed by atoms with Crippen LogP contribution < -0.4 is 5.32 Å². The van der Waals surface area contributed by atoms with Crippen LogP contribution in [0.15, 0.2) is 18.2 Å². The number of aromatic amines is 1. The van der Waals surface area contributed by atoms with Gasteiger partial charge in [0.2, 0.25) is 5.82 Å². The third-order valence-electron chi connectivity index (χ3n) is 2.47. The van der Waals surface area contributed by atoms with Crippen LogP contribution in [0.4, 0.5) is 18.9 Å². The van der Waals surface area contributed by atoms with Gasteiger partial charge in [0.15, 0.2) is 0 Å². The smallest absolute Gasteiger partial charge is 0.390 e. The Labute approximate surface area is 111 Å². The molecule has 0 radical (unpaired) electrons. The zero-order chi connectivity index (χ0) is 14.0. The molecule has 1 heterocycles. The van der Waals surface area contributed by atoms with Crippen molar-refractivity contribution >= 4 is 28.3 Å². The van der Waals surface area contributed by atoms with Crippen molar-refractivity contribution in [2.75, 3.05) is 17.7 Å². The molecule has 0 aliphatic heterocycles. The van der Waals surface area contributed by atoms with Crippen LogP contribution in [-0.2, 0) is 6.18 Å². The van der Waals surface area contributed by atoms with Crippen molar-refractivity contribution in [3.8, 4) is 0 Å². The van der Waals surface area contributed by atoms with Gasteiger partial charge in [-0.2, -0.15) is 13.2 Å². The third kappa shape index (κ3) is 3.30. The van der Waals surface area contributed by atoms with E-state index >= 15 is 0 Å². The Morgan fingerprint density at radius 2 is 2.16 bits per heavy atom. The molecule has 2 aromatic rings. The van der Waals surface area contributed by atoms with Crippen LogP contribution in [0.5, 0.6) is 0 Å². The van der Waals surface area contributed by atoms with E-state index in [0.717, 1.165) is 0 Å². The first-order chi connectivity index (χ1) is 8.90. The van der Waals surface area contributed by atoms with Crippen LogP contribution in [0.3, 0.4) is 0 Å². The zero-order valence-electron chi connectivity index (χ0n) is 9.63. The number of rotatable bonds is 4. The second kappa shape index (κ2) is 5.26. The van der Waals surface area contributed by atoms with Gasteiger partial charge in [-0.15, -0.1) is 11.6 Å². The molecular formula is C11H11ClF3N3O. The first-order valence-corrected chi connectivity index (χ1v) is 5.98.